The number of nitrogens with one attached hydrogen (secondary N) is 1. The minimum Gasteiger partial charge on any atom is -0.302 e. The first kappa shape index (κ1) is 11.3. The molecule has 2 heterocycles. The van der Waals surface area contributed by atoms with Crippen molar-refractivity contribution in [3.05, 3.63) is 22.4 Å². The number of hydrogen-bond donors (Lipinski definition) is 1. The number of thiophene rings is 1. The van der Waals surface area contributed by atoms with Crippen molar-refractivity contribution in [2.75, 3.05) is 5.75 Å². The van der Waals surface area contributed by atoms with Gasteiger partial charge in [-0.2, -0.15) is 0 Å². The van der Waals surface area contributed by atoms with Gasteiger partial charge in [-0.25, -0.2) is 0 Å². The van der Waals surface area contributed by atoms with E-state index in [0.717, 1.165) is 5.75 Å². The molecule has 1 N–H and O–H groups in total. The molecule has 0 amide bonds. The fourth-order valence-corrected chi connectivity index (χ4v) is 4.53. The number of rotatable bonds is 1. The molecule has 15 heavy (non-hydrogen) atoms. The molecule has 1 aliphatic heterocycles. The molecule has 84 valence electrons. The van der Waals surface area contributed by atoms with Crippen molar-refractivity contribution in [2.24, 2.45) is 0 Å². The fraction of sp³-hybridized carbons (Fsp3) is 0.636. The Morgan fingerprint density at radius 2 is 2.33 bits per heavy atom. The molecule has 0 saturated carbocycles. The van der Waals surface area contributed by atoms with E-state index < -0.39 is 10.8 Å². The normalized spacial score (nSPS) is 35.3. The predicted octanol–water partition coefficient (Wildman–Crippen LogP) is 2.31. The van der Waals surface area contributed by atoms with Crippen LogP contribution >= 0.6 is 11.3 Å². The zero-order valence-corrected chi connectivity index (χ0v) is 11.0. The molecule has 1 aromatic heterocycles. The lowest BCUT2D eigenvalue weighted by molar-refractivity contribution is 0.347. The van der Waals surface area contributed by atoms with E-state index in [-0.39, 0.29) is 16.8 Å². The lowest BCUT2D eigenvalue weighted by atomic mass is 10.0. The summed E-state index contributed by atoms with van der Waals surface area (Å²) >= 11 is 1.74. The maximum Gasteiger partial charge on any atom is 0.0562 e. The van der Waals surface area contributed by atoms with Gasteiger partial charge in [0.1, 0.15) is 0 Å². The summed E-state index contributed by atoms with van der Waals surface area (Å²) in [6.07, 6.45) is 0. The van der Waals surface area contributed by atoms with Crippen molar-refractivity contribution in [1.82, 2.24) is 5.32 Å². The van der Waals surface area contributed by atoms with Crippen LogP contribution in [0.4, 0.5) is 0 Å². The Balaban J connectivity index is 2.27. The molecule has 2 rings (SSSR count). The highest BCUT2D eigenvalue weighted by Gasteiger charge is 2.37. The Morgan fingerprint density at radius 1 is 1.60 bits per heavy atom. The molecule has 1 aliphatic rings. The first-order valence-electron chi connectivity index (χ1n) is 5.18. The molecule has 0 spiro atoms. The highest BCUT2D eigenvalue weighted by Crippen LogP contribution is 2.31. The third-order valence-corrected chi connectivity index (χ3v) is 5.85. The smallest absolute Gasteiger partial charge is 0.0562 e. The molecule has 1 fully saturated rings. The zero-order valence-electron chi connectivity index (χ0n) is 9.32. The van der Waals surface area contributed by atoms with E-state index in [9.17, 15) is 4.21 Å². The summed E-state index contributed by atoms with van der Waals surface area (Å²) in [7, 11) is -0.725. The highest BCUT2D eigenvalue weighted by atomic mass is 32.2. The molecule has 1 aromatic rings. The SMILES string of the molecule is CC1C(c2cccs2)NC(C)(C)CS1=O. The number of hydrogen-bond acceptors (Lipinski definition) is 3. The van der Waals surface area contributed by atoms with E-state index in [1.54, 1.807) is 11.3 Å². The molecule has 1 saturated heterocycles. The van der Waals surface area contributed by atoms with Gasteiger partial charge in [0.2, 0.25) is 0 Å². The van der Waals surface area contributed by atoms with Crippen LogP contribution in [0.25, 0.3) is 0 Å². The topological polar surface area (TPSA) is 29.1 Å². The average molecular weight is 243 g/mol. The van der Waals surface area contributed by atoms with Crippen LogP contribution in [-0.4, -0.2) is 20.8 Å². The van der Waals surface area contributed by atoms with Crippen LogP contribution in [0.1, 0.15) is 31.7 Å². The van der Waals surface area contributed by atoms with Gasteiger partial charge in [-0.05, 0) is 32.2 Å². The summed E-state index contributed by atoms with van der Waals surface area (Å²) in [5, 5.41) is 5.88. The fourth-order valence-electron chi connectivity index (χ4n) is 1.99. The molecular formula is C11H17NOS2. The van der Waals surface area contributed by atoms with Gasteiger partial charge in [0.15, 0.2) is 0 Å². The minimum atomic E-state index is -0.725. The summed E-state index contributed by atoms with van der Waals surface area (Å²) in [6.45, 7) is 6.32. The van der Waals surface area contributed by atoms with E-state index >= 15 is 0 Å². The van der Waals surface area contributed by atoms with Crippen molar-refractivity contribution >= 4 is 22.1 Å². The van der Waals surface area contributed by atoms with Gasteiger partial charge in [-0.3, -0.25) is 4.21 Å². The van der Waals surface area contributed by atoms with Gasteiger partial charge < -0.3 is 5.32 Å². The Labute approximate surface area is 97.5 Å². The standard InChI is InChI=1S/C11H17NOS2/c1-8-10(9-5-4-6-14-9)12-11(2,3)7-15(8)13/h4-6,8,10,12H,7H2,1-3H3. The van der Waals surface area contributed by atoms with Crippen molar-refractivity contribution in [3.8, 4) is 0 Å². The van der Waals surface area contributed by atoms with E-state index in [4.69, 9.17) is 0 Å². The van der Waals surface area contributed by atoms with E-state index in [0.29, 0.717) is 0 Å². The largest absolute Gasteiger partial charge is 0.302 e. The second kappa shape index (κ2) is 4.00. The molecule has 3 unspecified atom stereocenters. The molecule has 3 atom stereocenters. The minimum absolute atomic E-state index is 0.0218. The Morgan fingerprint density at radius 3 is 2.93 bits per heavy atom. The van der Waals surface area contributed by atoms with Gasteiger partial charge in [0.25, 0.3) is 0 Å². The maximum absolute atomic E-state index is 12.0. The second-order valence-corrected chi connectivity index (χ2v) is 7.52. The van der Waals surface area contributed by atoms with Gasteiger partial charge in [-0.1, -0.05) is 6.07 Å². The van der Waals surface area contributed by atoms with Crippen LogP contribution in [0.15, 0.2) is 17.5 Å². The van der Waals surface area contributed by atoms with Crippen LogP contribution < -0.4 is 5.32 Å². The van der Waals surface area contributed by atoms with Crippen LogP contribution in [0.5, 0.6) is 0 Å². The van der Waals surface area contributed by atoms with Crippen LogP contribution in [0, 0.1) is 0 Å². The lowest BCUT2D eigenvalue weighted by Gasteiger charge is -2.40. The monoisotopic (exact) mass is 243 g/mol. The summed E-state index contributed by atoms with van der Waals surface area (Å²) in [5.41, 5.74) is -0.0218. The maximum atomic E-state index is 12.0. The van der Waals surface area contributed by atoms with Crippen LogP contribution in [0.3, 0.4) is 0 Å². The van der Waals surface area contributed by atoms with Crippen molar-refractivity contribution in [2.45, 2.75) is 37.6 Å². The first-order valence-corrected chi connectivity index (χ1v) is 7.44. The molecular weight excluding hydrogens is 226 g/mol. The molecule has 2 nitrogen and oxygen atoms in total. The van der Waals surface area contributed by atoms with Crippen LogP contribution in [-0.2, 0) is 10.8 Å². The third kappa shape index (κ3) is 2.32. The lowest BCUT2D eigenvalue weighted by Crippen LogP contribution is -2.55. The van der Waals surface area contributed by atoms with Gasteiger partial charge >= 0.3 is 0 Å². The molecule has 0 aliphatic carbocycles. The third-order valence-electron chi connectivity index (χ3n) is 2.78. The van der Waals surface area contributed by atoms with E-state index in [2.05, 4.69) is 43.6 Å². The molecule has 0 aromatic carbocycles. The summed E-state index contributed by atoms with van der Waals surface area (Å²) in [4.78, 5) is 1.30. The summed E-state index contributed by atoms with van der Waals surface area (Å²) in [5.74, 6) is 0.746. The quantitative estimate of drug-likeness (QED) is 0.820. The average Bonchev–Trinajstić information content (AvgIpc) is 2.63. The first-order chi connectivity index (χ1) is 6.99. The van der Waals surface area contributed by atoms with Crippen molar-refractivity contribution in [3.63, 3.8) is 0 Å². The van der Waals surface area contributed by atoms with E-state index in [1.807, 2.05) is 0 Å². The molecule has 0 radical (unpaired) electrons. The molecule has 0 bridgehead atoms. The highest BCUT2D eigenvalue weighted by molar-refractivity contribution is 7.85. The van der Waals surface area contributed by atoms with Crippen LogP contribution in [0.2, 0.25) is 0 Å². The second-order valence-electron chi connectivity index (χ2n) is 4.75. The Hall–Kier alpha value is -0.190. The van der Waals surface area contributed by atoms with E-state index in [1.165, 1.54) is 4.88 Å². The van der Waals surface area contributed by atoms with Gasteiger partial charge in [-0.15, -0.1) is 11.3 Å². The van der Waals surface area contributed by atoms with Crippen molar-refractivity contribution in [1.29, 1.82) is 0 Å². The van der Waals surface area contributed by atoms with Gasteiger partial charge in [0.05, 0.1) is 11.3 Å². The Kier molecular flexibility index (Phi) is 3.01. The van der Waals surface area contributed by atoms with Crippen molar-refractivity contribution < 1.29 is 4.21 Å². The summed E-state index contributed by atoms with van der Waals surface area (Å²) in [6, 6.07) is 4.42. The Bertz CT molecular complexity index is 359. The van der Waals surface area contributed by atoms with Gasteiger partial charge in [0, 0.05) is 27.0 Å². The zero-order chi connectivity index (χ0) is 11.1. The predicted molar refractivity (Wildman–Crippen MR) is 66.7 cm³/mol. The molecule has 4 heteroatoms. The summed E-state index contributed by atoms with van der Waals surface area (Å²) < 4.78 is 12.0.